The molecule has 0 spiro atoms. The van der Waals surface area contributed by atoms with Crippen LogP contribution in [0.5, 0.6) is 0 Å². The predicted molar refractivity (Wildman–Crippen MR) is 76.1 cm³/mol. The molecule has 18 heavy (non-hydrogen) atoms. The molecular weight excluding hydrogens is 248 g/mol. The van der Waals surface area contributed by atoms with Gasteiger partial charge in [0.05, 0.1) is 17.5 Å². The van der Waals surface area contributed by atoms with Crippen LogP contribution in [0, 0.1) is 12.8 Å². The van der Waals surface area contributed by atoms with Gasteiger partial charge in [0, 0.05) is 17.2 Å². The summed E-state index contributed by atoms with van der Waals surface area (Å²) < 4.78 is 5.39. The largest absolute Gasteiger partial charge is 0.398 e. The number of nitrogen functional groups attached to an aromatic ring is 1. The number of rotatable bonds is 6. The molecule has 5 heteroatoms. The summed E-state index contributed by atoms with van der Waals surface area (Å²) in [5.41, 5.74) is 6.43. The Morgan fingerprint density at radius 2 is 2.22 bits per heavy atom. The van der Waals surface area contributed by atoms with E-state index in [2.05, 4.69) is 19.2 Å². The first-order chi connectivity index (χ1) is 8.45. The predicted octanol–water partition coefficient (Wildman–Crippen LogP) is 2.43. The van der Waals surface area contributed by atoms with E-state index in [0.29, 0.717) is 29.7 Å². The van der Waals surface area contributed by atoms with Gasteiger partial charge in [-0.1, -0.05) is 13.8 Å². The zero-order valence-corrected chi connectivity index (χ0v) is 12.3. The molecule has 0 aromatic carbocycles. The third-order valence-corrected chi connectivity index (χ3v) is 3.87. The average Bonchev–Trinajstić information content (AvgIpc) is 2.64. The summed E-state index contributed by atoms with van der Waals surface area (Å²) in [5.74, 6) is 0.261. The third kappa shape index (κ3) is 3.99. The van der Waals surface area contributed by atoms with Crippen molar-refractivity contribution in [1.29, 1.82) is 0 Å². The van der Waals surface area contributed by atoms with Gasteiger partial charge in [0.25, 0.3) is 5.91 Å². The summed E-state index contributed by atoms with van der Waals surface area (Å²) in [4.78, 5) is 13.7. The highest BCUT2D eigenvalue weighted by Gasteiger charge is 2.18. The van der Waals surface area contributed by atoms with E-state index < -0.39 is 0 Å². The number of nitrogens with two attached hydrogens (primary N) is 1. The normalized spacial score (nSPS) is 12.7. The van der Waals surface area contributed by atoms with Gasteiger partial charge in [0.15, 0.2) is 0 Å². The van der Waals surface area contributed by atoms with Crippen LogP contribution in [0.4, 0.5) is 5.69 Å². The SMILES string of the molecule is CCOCC(NC(=O)c1cc(N)c(C)s1)C(C)C. The molecule has 1 unspecified atom stereocenters. The van der Waals surface area contributed by atoms with Gasteiger partial charge in [0.1, 0.15) is 0 Å². The molecule has 0 aliphatic heterocycles. The highest BCUT2D eigenvalue weighted by atomic mass is 32.1. The summed E-state index contributed by atoms with van der Waals surface area (Å²) in [6.07, 6.45) is 0. The van der Waals surface area contributed by atoms with Crippen molar-refractivity contribution >= 4 is 22.9 Å². The Labute approximate surface area is 113 Å². The molecule has 0 saturated carbocycles. The topological polar surface area (TPSA) is 64.3 Å². The molecule has 1 heterocycles. The molecular formula is C13H22N2O2S. The van der Waals surface area contributed by atoms with Gasteiger partial charge in [-0.15, -0.1) is 11.3 Å². The van der Waals surface area contributed by atoms with Crippen molar-refractivity contribution in [2.75, 3.05) is 18.9 Å². The lowest BCUT2D eigenvalue weighted by Gasteiger charge is -2.21. The number of hydrogen-bond donors (Lipinski definition) is 2. The summed E-state index contributed by atoms with van der Waals surface area (Å²) in [6.45, 7) is 9.19. The minimum atomic E-state index is -0.0711. The van der Waals surface area contributed by atoms with Crippen LogP contribution in [0.25, 0.3) is 0 Å². The monoisotopic (exact) mass is 270 g/mol. The van der Waals surface area contributed by atoms with Crippen LogP contribution < -0.4 is 11.1 Å². The molecule has 0 bridgehead atoms. The minimum absolute atomic E-state index is 0.0288. The lowest BCUT2D eigenvalue weighted by atomic mass is 10.1. The van der Waals surface area contributed by atoms with Crippen molar-refractivity contribution in [3.63, 3.8) is 0 Å². The standard InChI is InChI=1S/C13H22N2O2S/c1-5-17-7-11(8(2)3)15-13(16)12-6-10(14)9(4)18-12/h6,8,11H,5,7,14H2,1-4H3,(H,15,16). The zero-order chi connectivity index (χ0) is 13.7. The molecule has 1 aromatic heterocycles. The van der Waals surface area contributed by atoms with Gasteiger partial charge in [0.2, 0.25) is 0 Å². The number of nitrogens with one attached hydrogen (secondary N) is 1. The molecule has 0 radical (unpaired) electrons. The maximum absolute atomic E-state index is 12.1. The quantitative estimate of drug-likeness (QED) is 0.834. The number of anilines is 1. The second kappa shape index (κ2) is 6.75. The van der Waals surface area contributed by atoms with E-state index in [0.717, 1.165) is 4.88 Å². The van der Waals surface area contributed by atoms with Gasteiger partial charge in [-0.05, 0) is 25.8 Å². The lowest BCUT2D eigenvalue weighted by molar-refractivity contribution is 0.0809. The van der Waals surface area contributed by atoms with E-state index >= 15 is 0 Å². The smallest absolute Gasteiger partial charge is 0.261 e. The molecule has 1 atom stereocenters. The first kappa shape index (κ1) is 15.0. The van der Waals surface area contributed by atoms with Gasteiger partial charge >= 0.3 is 0 Å². The van der Waals surface area contributed by atoms with Crippen LogP contribution in [0.1, 0.15) is 35.3 Å². The zero-order valence-electron chi connectivity index (χ0n) is 11.4. The summed E-state index contributed by atoms with van der Waals surface area (Å²) in [6, 6.07) is 1.76. The number of carbonyl (C=O) groups excluding carboxylic acids is 1. The minimum Gasteiger partial charge on any atom is -0.398 e. The highest BCUT2D eigenvalue weighted by Crippen LogP contribution is 2.23. The Balaban J connectivity index is 2.66. The van der Waals surface area contributed by atoms with Crippen molar-refractivity contribution in [3.05, 3.63) is 15.8 Å². The Morgan fingerprint density at radius 1 is 1.56 bits per heavy atom. The first-order valence-corrected chi connectivity index (χ1v) is 7.01. The van der Waals surface area contributed by atoms with Crippen molar-refractivity contribution in [3.8, 4) is 0 Å². The van der Waals surface area contributed by atoms with Gasteiger partial charge in [-0.2, -0.15) is 0 Å². The Bertz CT molecular complexity index is 382. The van der Waals surface area contributed by atoms with Crippen molar-refractivity contribution in [1.82, 2.24) is 5.32 Å². The van der Waals surface area contributed by atoms with E-state index in [-0.39, 0.29) is 11.9 Å². The molecule has 1 aromatic rings. The first-order valence-electron chi connectivity index (χ1n) is 6.20. The van der Waals surface area contributed by atoms with Crippen LogP contribution in [-0.4, -0.2) is 25.2 Å². The van der Waals surface area contributed by atoms with Gasteiger partial charge in [-0.25, -0.2) is 0 Å². The van der Waals surface area contributed by atoms with E-state index in [4.69, 9.17) is 10.5 Å². The second-order valence-electron chi connectivity index (χ2n) is 4.61. The van der Waals surface area contributed by atoms with Crippen LogP contribution in [-0.2, 0) is 4.74 Å². The summed E-state index contributed by atoms with van der Waals surface area (Å²) in [5, 5.41) is 3.00. The maximum Gasteiger partial charge on any atom is 0.261 e. The molecule has 0 aliphatic carbocycles. The summed E-state index contributed by atoms with van der Waals surface area (Å²) >= 11 is 1.42. The van der Waals surface area contributed by atoms with Crippen LogP contribution >= 0.6 is 11.3 Å². The molecule has 0 aliphatic rings. The fourth-order valence-corrected chi connectivity index (χ4v) is 2.34. The van der Waals surface area contributed by atoms with Crippen LogP contribution in [0.3, 0.4) is 0 Å². The number of thiophene rings is 1. The van der Waals surface area contributed by atoms with E-state index in [1.807, 2.05) is 13.8 Å². The molecule has 0 fully saturated rings. The second-order valence-corrected chi connectivity index (χ2v) is 5.86. The fourth-order valence-electron chi connectivity index (χ4n) is 1.49. The molecule has 0 saturated heterocycles. The van der Waals surface area contributed by atoms with Crippen molar-refractivity contribution in [2.24, 2.45) is 5.92 Å². The number of ether oxygens (including phenoxy) is 1. The number of carbonyl (C=O) groups is 1. The molecule has 4 nitrogen and oxygen atoms in total. The van der Waals surface area contributed by atoms with E-state index in [1.54, 1.807) is 6.07 Å². The average molecular weight is 270 g/mol. The maximum atomic E-state index is 12.1. The van der Waals surface area contributed by atoms with E-state index in [9.17, 15) is 4.79 Å². The molecule has 1 amide bonds. The van der Waals surface area contributed by atoms with E-state index in [1.165, 1.54) is 11.3 Å². The number of aryl methyl sites for hydroxylation is 1. The highest BCUT2D eigenvalue weighted by molar-refractivity contribution is 7.14. The van der Waals surface area contributed by atoms with Gasteiger partial charge < -0.3 is 15.8 Å². The van der Waals surface area contributed by atoms with Crippen LogP contribution in [0.15, 0.2) is 6.07 Å². The lowest BCUT2D eigenvalue weighted by Crippen LogP contribution is -2.41. The summed E-state index contributed by atoms with van der Waals surface area (Å²) in [7, 11) is 0. The van der Waals surface area contributed by atoms with Gasteiger partial charge in [-0.3, -0.25) is 4.79 Å². The molecule has 3 N–H and O–H groups in total. The van der Waals surface area contributed by atoms with Crippen molar-refractivity contribution in [2.45, 2.75) is 33.7 Å². The van der Waals surface area contributed by atoms with Crippen LogP contribution in [0.2, 0.25) is 0 Å². The third-order valence-electron chi connectivity index (χ3n) is 2.80. The Hall–Kier alpha value is -1.07. The van der Waals surface area contributed by atoms with Crippen molar-refractivity contribution < 1.29 is 9.53 Å². The molecule has 102 valence electrons. The Morgan fingerprint density at radius 3 is 2.67 bits per heavy atom. The number of hydrogen-bond acceptors (Lipinski definition) is 4. The fraction of sp³-hybridized carbons (Fsp3) is 0.615. The molecule has 1 rings (SSSR count). The number of amides is 1. The Kier molecular flexibility index (Phi) is 5.62.